The molecule has 20 heavy (non-hydrogen) atoms. The monoisotopic (exact) mass is 291 g/mol. The predicted octanol–water partition coefficient (Wildman–Crippen LogP) is 2.74. The van der Waals surface area contributed by atoms with E-state index in [1.165, 1.54) is 11.8 Å². The van der Waals surface area contributed by atoms with Crippen molar-refractivity contribution in [1.29, 1.82) is 0 Å². The van der Waals surface area contributed by atoms with Crippen molar-refractivity contribution in [3.05, 3.63) is 35.7 Å². The number of H-pyrrole nitrogens is 1. The van der Waals surface area contributed by atoms with Crippen molar-refractivity contribution in [2.45, 2.75) is 25.4 Å². The van der Waals surface area contributed by atoms with Crippen LogP contribution >= 0.6 is 11.8 Å². The maximum atomic E-state index is 12.0. The van der Waals surface area contributed by atoms with Crippen LogP contribution in [0.3, 0.4) is 0 Å². The Morgan fingerprint density at radius 2 is 2.05 bits per heavy atom. The standard InChI is InChI=1S/C14H17N3O2S/c1-3-13-15-14(17-16-13)20-9-12(18)10-5-7-11(8-6-10)19-4-2/h5-8H,3-4,9H2,1-2H3,(H,15,16,17). The highest BCUT2D eigenvalue weighted by Gasteiger charge is 2.09. The van der Waals surface area contributed by atoms with E-state index >= 15 is 0 Å². The van der Waals surface area contributed by atoms with Crippen LogP contribution in [0.4, 0.5) is 0 Å². The number of aromatic amines is 1. The van der Waals surface area contributed by atoms with Crippen molar-refractivity contribution in [1.82, 2.24) is 15.2 Å². The number of rotatable bonds is 7. The van der Waals surface area contributed by atoms with Crippen LogP contribution in [0.15, 0.2) is 29.4 Å². The minimum absolute atomic E-state index is 0.0564. The van der Waals surface area contributed by atoms with Crippen LogP contribution in [0.5, 0.6) is 5.75 Å². The second-order valence-corrected chi connectivity index (χ2v) is 5.03. The molecule has 1 aromatic heterocycles. The van der Waals surface area contributed by atoms with Gasteiger partial charge in [-0.25, -0.2) is 4.98 Å². The average molecular weight is 291 g/mol. The highest BCUT2D eigenvalue weighted by Crippen LogP contribution is 2.17. The zero-order valence-corrected chi connectivity index (χ0v) is 12.4. The number of thioether (sulfide) groups is 1. The van der Waals surface area contributed by atoms with Gasteiger partial charge in [0.2, 0.25) is 5.16 Å². The van der Waals surface area contributed by atoms with Gasteiger partial charge in [-0.15, -0.1) is 5.10 Å². The Kier molecular flexibility index (Phi) is 5.17. The number of Topliss-reactive ketones (excluding diaryl/α,β-unsaturated/α-hetero) is 1. The van der Waals surface area contributed by atoms with E-state index in [4.69, 9.17) is 4.74 Å². The molecule has 0 aliphatic carbocycles. The van der Waals surface area contributed by atoms with Crippen LogP contribution < -0.4 is 4.74 Å². The van der Waals surface area contributed by atoms with Gasteiger partial charge in [-0.05, 0) is 31.2 Å². The lowest BCUT2D eigenvalue weighted by Gasteiger charge is -2.03. The molecule has 1 aromatic carbocycles. The molecule has 6 heteroatoms. The fourth-order valence-corrected chi connectivity index (χ4v) is 2.33. The number of benzene rings is 1. The predicted molar refractivity (Wildman–Crippen MR) is 78.4 cm³/mol. The molecule has 0 saturated carbocycles. The second kappa shape index (κ2) is 7.09. The zero-order valence-electron chi connectivity index (χ0n) is 11.5. The van der Waals surface area contributed by atoms with Gasteiger partial charge in [0.1, 0.15) is 11.6 Å². The molecule has 0 saturated heterocycles. The smallest absolute Gasteiger partial charge is 0.208 e. The zero-order chi connectivity index (χ0) is 14.4. The molecule has 2 rings (SSSR count). The quantitative estimate of drug-likeness (QED) is 0.627. The first-order chi connectivity index (χ1) is 9.72. The molecule has 0 spiro atoms. The van der Waals surface area contributed by atoms with Crippen LogP contribution in [-0.4, -0.2) is 33.3 Å². The van der Waals surface area contributed by atoms with Crippen molar-refractivity contribution in [2.75, 3.05) is 12.4 Å². The summed E-state index contributed by atoms with van der Waals surface area (Å²) in [6.45, 7) is 4.55. The lowest BCUT2D eigenvalue weighted by molar-refractivity contribution is 0.102. The summed E-state index contributed by atoms with van der Waals surface area (Å²) in [6.07, 6.45) is 0.806. The minimum atomic E-state index is 0.0564. The van der Waals surface area contributed by atoms with E-state index in [9.17, 15) is 4.79 Å². The van der Waals surface area contributed by atoms with Crippen molar-refractivity contribution < 1.29 is 9.53 Å². The molecule has 0 fully saturated rings. The summed E-state index contributed by atoms with van der Waals surface area (Å²) in [5.74, 6) is 2.00. The number of aryl methyl sites for hydroxylation is 1. The largest absolute Gasteiger partial charge is 0.494 e. The van der Waals surface area contributed by atoms with Gasteiger partial charge in [0.05, 0.1) is 12.4 Å². The van der Waals surface area contributed by atoms with Gasteiger partial charge in [-0.1, -0.05) is 18.7 Å². The third-order valence-electron chi connectivity index (χ3n) is 2.67. The molecule has 106 valence electrons. The summed E-state index contributed by atoms with van der Waals surface area (Å²) in [4.78, 5) is 16.3. The van der Waals surface area contributed by atoms with E-state index in [0.29, 0.717) is 23.1 Å². The van der Waals surface area contributed by atoms with Gasteiger partial charge in [0.25, 0.3) is 0 Å². The van der Waals surface area contributed by atoms with Crippen molar-refractivity contribution >= 4 is 17.5 Å². The van der Waals surface area contributed by atoms with Gasteiger partial charge >= 0.3 is 0 Å². The number of nitrogens with one attached hydrogen (secondary N) is 1. The average Bonchev–Trinajstić information content (AvgIpc) is 2.94. The Balaban J connectivity index is 1.90. The van der Waals surface area contributed by atoms with E-state index in [1.54, 1.807) is 12.1 Å². The third-order valence-corrected chi connectivity index (χ3v) is 3.51. The number of carbonyl (C=O) groups is 1. The summed E-state index contributed by atoms with van der Waals surface area (Å²) in [7, 11) is 0. The highest BCUT2D eigenvalue weighted by atomic mass is 32.2. The normalized spacial score (nSPS) is 10.5. The fraction of sp³-hybridized carbons (Fsp3) is 0.357. The number of ether oxygens (including phenoxy) is 1. The van der Waals surface area contributed by atoms with Gasteiger partial charge in [0.15, 0.2) is 5.78 Å². The van der Waals surface area contributed by atoms with Gasteiger partial charge < -0.3 is 4.74 Å². The molecule has 0 radical (unpaired) electrons. The second-order valence-electron chi connectivity index (χ2n) is 4.09. The summed E-state index contributed by atoms with van der Waals surface area (Å²) in [6, 6.07) is 7.18. The molecule has 1 heterocycles. The Morgan fingerprint density at radius 3 is 2.65 bits per heavy atom. The van der Waals surface area contributed by atoms with Crippen LogP contribution in [0.2, 0.25) is 0 Å². The van der Waals surface area contributed by atoms with E-state index < -0.39 is 0 Å². The van der Waals surface area contributed by atoms with Crippen LogP contribution in [-0.2, 0) is 6.42 Å². The number of hydrogen-bond acceptors (Lipinski definition) is 5. The first kappa shape index (κ1) is 14.6. The van der Waals surface area contributed by atoms with Crippen LogP contribution in [0, 0.1) is 0 Å². The van der Waals surface area contributed by atoms with Crippen LogP contribution in [0.25, 0.3) is 0 Å². The van der Waals surface area contributed by atoms with Crippen molar-refractivity contribution in [3.8, 4) is 5.75 Å². The Labute approximate surface area is 122 Å². The highest BCUT2D eigenvalue weighted by molar-refractivity contribution is 7.99. The first-order valence-electron chi connectivity index (χ1n) is 6.53. The molecule has 5 nitrogen and oxygen atoms in total. The molecular weight excluding hydrogens is 274 g/mol. The van der Waals surface area contributed by atoms with Crippen molar-refractivity contribution in [3.63, 3.8) is 0 Å². The number of ketones is 1. The maximum Gasteiger partial charge on any atom is 0.208 e. The topological polar surface area (TPSA) is 67.9 Å². The minimum Gasteiger partial charge on any atom is -0.494 e. The third kappa shape index (κ3) is 3.84. The number of hydrogen-bond donors (Lipinski definition) is 1. The molecule has 0 atom stereocenters. The Hall–Kier alpha value is -1.82. The molecule has 0 unspecified atom stereocenters. The van der Waals surface area contributed by atoms with E-state index in [0.717, 1.165) is 18.0 Å². The molecule has 0 aliphatic heterocycles. The van der Waals surface area contributed by atoms with Gasteiger partial charge in [-0.3, -0.25) is 9.89 Å². The van der Waals surface area contributed by atoms with E-state index in [1.807, 2.05) is 26.0 Å². The number of aromatic nitrogens is 3. The number of carbonyl (C=O) groups excluding carboxylic acids is 1. The molecular formula is C14H17N3O2S. The Morgan fingerprint density at radius 1 is 1.30 bits per heavy atom. The van der Waals surface area contributed by atoms with E-state index in [-0.39, 0.29) is 5.78 Å². The molecule has 0 amide bonds. The SMILES string of the molecule is CCOc1ccc(C(=O)CSc2n[nH]c(CC)n2)cc1. The molecule has 0 aliphatic rings. The molecule has 0 bridgehead atoms. The van der Waals surface area contributed by atoms with Gasteiger partial charge in [-0.2, -0.15) is 0 Å². The van der Waals surface area contributed by atoms with Crippen molar-refractivity contribution in [2.24, 2.45) is 0 Å². The summed E-state index contributed by atoms with van der Waals surface area (Å²) < 4.78 is 5.34. The molecule has 1 N–H and O–H groups in total. The lowest BCUT2D eigenvalue weighted by Crippen LogP contribution is -2.02. The van der Waals surface area contributed by atoms with Gasteiger partial charge in [0, 0.05) is 12.0 Å². The number of nitrogens with zero attached hydrogens (tertiary/aromatic N) is 2. The summed E-state index contributed by atoms with van der Waals surface area (Å²) >= 11 is 1.34. The molecule has 2 aromatic rings. The first-order valence-corrected chi connectivity index (χ1v) is 7.51. The summed E-state index contributed by atoms with van der Waals surface area (Å²) in [5.41, 5.74) is 0.673. The summed E-state index contributed by atoms with van der Waals surface area (Å²) in [5, 5.41) is 7.49. The fourth-order valence-electron chi connectivity index (χ4n) is 1.62. The van der Waals surface area contributed by atoms with Crippen LogP contribution in [0.1, 0.15) is 30.0 Å². The Bertz CT molecular complexity index is 566. The maximum absolute atomic E-state index is 12.0. The lowest BCUT2D eigenvalue weighted by atomic mass is 10.1. The van der Waals surface area contributed by atoms with E-state index in [2.05, 4.69) is 15.2 Å².